The van der Waals surface area contributed by atoms with E-state index in [1.807, 2.05) is 85.5 Å². The zero-order chi connectivity index (χ0) is 38.7. The smallest absolute Gasteiger partial charge is 0.126 e. The van der Waals surface area contributed by atoms with Crippen molar-refractivity contribution in [3.05, 3.63) is 176 Å². The average Bonchev–Trinajstić information content (AvgIpc) is 3.21. The van der Waals surface area contributed by atoms with Crippen molar-refractivity contribution in [1.82, 2.24) is 9.97 Å². The number of aliphatic imine (C=N–C) groups is 2. The van der Waals surface area contributed by atoms with Crippen LogP contribution in [-0.4, -0.2) is 45.8 Å². The number of aromatic nitrogens is 2. The van der Waals surface area contributed by atoms with Gasteiger partial charge in [-0.2, -0.15) is 0 Å². The molecule has 1 aliphatic carbocycles. The number of phenols is 2. The Labute approximate surface area is 329 Å². The summed E-state index contributed by atoms with van der Waals surface area (Å²) in [5.74, 6) is 2.04. The van der Waals surface area contributed by atoms with Gasteiger partial charge in [-0.25, -0.2) is 0 Å². The Balaban J connectivity index is 1.37. The maximum atomic E-state index is 12.0. The van der Waals surface area contributed by atoms with Crippen molar-refractivity contribution >= 4 is 12.4 Å². The molecule has 0 atom stereocenters. The van der Waals surface area contributed by atoms with Gasteiger partial charge >= 0.3 is 0 Å². The van der Waals surface area contributed by atoms with Crippen molar-refractivity contribution in [1.29, 1.82) is 0 Å². The molecule has 1 aliphatic rings. The number of rotatable bonds is 12. The minimum absolute atomic E-state index is 0.248. The van der Waals surface area contributed by atoms with Crippen LogP contribution in [0, 0.1) is 0 Å². The molecule has 0 aliphatic heterocycles. The first-order valence-electron chi connectivity index (χ1n) is 19.4. The van der Waals surface area contributed by atoms with E-state index in [1.165, 1.54) is 0 Å². The van der Waals surface area contributed by atoms with Gasteiger partial charge in [-0.05, 0) is 116 Å². The molecule has 2 N–H and O–H groups in total. The van der Waals surface area contributed by atoms with E-state index in [0.717, 1.165) is 91.1 Å². The van der Waals surface area contributed by atoms with Crippen molar-refractivity contribution < 1.29 is 19.7 Å². The summed E-state index contributed by atoms with van der Waals surface area (Å²) in [7, 11) is 0. The number of hydrogen-bond acceptors (Lipinski definition) is 8. The normalized spacial score (nSPS) is 12.6. The predicted octanol–water partition coefficient (Wildman–Crippen LogP) is 9.38. The Hall–Kier alpha value is -6.28. The monoisotopic (exact) mass is 744 g/mol. The van der Waals surface area contributed by atoms with E-state index in [-0.39, 0.29) is 11.5 Å². The summed E-state index contributed by atoms with van der Waals surface area (Å²) < 4.78 is 13.0. The van der Waals surface area contributed by atoms with Gasteiger partial charge in [0.05, 0.1) is 26.3 Å². The number of ether oxygens (including phenoxy) is 2. The third-order valence-electron chi connectivity index (χ3n) is 9.84. The van der Waals surface area contributed by atoms with E-state index in [2.05, 4.69) is 48.1 Å². The van der Waals surface area contributed by atoms with E-state index < -0.39 is 0 Å². The fourth-order valence-electron chi connectivity index (χ4n) is 7.19. The second-order valence-corrected chi connectivity index (χ2v) is 14.3. The lowest BCUT2D eigenvalue weighted by molar-refractivity contribution is 0.311. The van der Waals surface area contributed by atoms with Gasteiger partial charge in [0.2, 0.25) is 0 Å². The highest BCUT2D eigenvalue weighted by molar-refractivity contribution is 5.82. The van der Waals surface area contributed by atoms with E-state index in [1.54, 1.807) is 12.4 Å². The van der Waals surface area contributed by atoms with Gasteiger partial charge in [0.25, 0.3) is 0 Å². The van der Waals surface area contributed by atoms with Gasteiger partial charge in [-0.3, -0.25) is 20.0 Å². The number of benzene rings is 4. The highest BCUT2D eigenvalue weighted by atomic mass is 16.5. The molecule has 8 heteroatoms. The molecule has 4 aromatic carbocycles. The molecule has 0 spiro atoms. The van der Waals surface area contributed by atoms with Crippen molar-refractivity contribution in [2.24, 2.45) is 9.98 Å². The fourth-order valence-corrected chi connectivity index (χ4v) is 7.19. The van der Waals surface area contributed by atoms with Gasteiger partial charge in [-0.15, -0.1) is 0 Å². The van der Waals surface area contributed by atoms with Crippen LogP contribution in [0.4, 0.5) is 0 Å². The minimum atomic E-state index is 0.248. The summed E-state index contributed by atoms with van der Waals surface area (Å²) in [4.78, 5) is 18.0. The molecule has 0 unspecified atom stereocenters. The Morgan fingerprint density at radius 1 is 0.536 bits per heavy atom. The molecule has 0 saturated carbocycles. The van der Waals surface area contributed by atoms with E-state index >= 15 is 0 Å². The molecular weight excluding hydrogens is 697 g/mol. The Kier molecular flexibility index (Phi) is 12.5. The summed E-state index contributed by atoms with van der Waals surface area (Å²) in [6.45, 7) is 6.25. The maximum Gasteiger partial charge on any atom is 0.126 e. The van der Waals surface area contributed by atoms with Crippen LogP contribution in [0.1, 0.15) is 93.5 Å². The molecule has 0 saturated heterocycles. The van der Waals surface area contributed by atoms with E-state index in [9.17, 15) is 10.2 Å². The molecule has 0 fully saturated rings. The number of aromatic hydroxyl groups is 2. The van der Waals surface area contributed by atoms with Crippen LogP contribution in [0.5, 0.6) is 23.0 Å². The third kappa shape index (κ3) is 9.32. The lowest BCUT2D eigenvalue weighted by Crippen LogP contribution is -2.07. The second kappa shape index (κ2) is 18.4. The first-order chi connectivity index (χ1) is 27.5. The lowest BCUT2D eigenvalue weighted by atomic mass is 9.90. The third-order valence-corrected chi connectivity index (χ3v) is 9.84. The standard InChI is InChI=1S/C48H48N4O4/c1-3-17-55-47-37-11-5-12-38(47)24-42-20-36(32-52-30-34-10-8-16-50-28-34)22-44(46(42)54)26-40-14-6-13-39(48(40)56-18-4-2)25-43-21-35(19-41(23-37)45(43)53)31-51-29-33-9-7-15-49-27-33/h5-16,19-22,27-28,31-32,53-54H,3-4,17-18,23-26,29-30H2,1-2H3. The van der Waals surface area contributed by atoms with Crippen LogP contribution >= 0.6 is 0 Å². The van der Waals surface area contributed by atoms with Gasteiger partial charge in [0.1, 0.15) is 23.0 Å². The molecule has 0 radical (unpaired) electrons. The van der Waals surface area contributed by atoms with Crippen molar-refractivity contribution in [2.45, 2.75) is 65.5 Å². The highest BCUT2D eigenvalue weighted by Gasteiger charge is 2.21. The maximum absolute atomic E-state index is 12.0. The summed E-state index contributed by atoms with van der Waals surface area (Å²) >= 11 is 0. The zero-order valence-corrected chi connectivity index (χ0v) is 32.1. The van der Waals surface area contributed by atoms with Crippen molar-refractivity contribution in [2.75, 3.05) is 13.2 Å². The van der Waals surface area contributed by atoms with Crippen molar-refractivity contribution in [3.63, 3.8) is 0 Å². The average molecular weight is 745 g/mol. The molecule has 2 heterocycles. The molecule has 284 valence electrons. The van der Waals surface area contributed by atoms with Crippen LogP contribution in [0.25, 0.3) is 0 Å². The van der Waals surface area contributed by atoms with Crippen LogP contribution in [0.2, 0.25) is 0 Å². The summed E-state index contributed by atoms with van der Waals surface area (Å²) in [5.41, 5.74) is 10.8. The fraction of sp³-hybridized carbons (Fsp3) is 0.250. The van der Waals surface area contributed by atoms with Crippen LogP contribution in [0.3, 0.4) is 0 Å². The number of nitrogens with zero attached hydrogens (tertiary/aromatic N) is 4. The number of hydrogen-bond donors (Lipinski definition) is 2. The van der Waals surface area contributed by atoms with Crippen LogP contribution in [-0.2, 0) is 38.8 Å². The van der Waals surface area contributed by atoms with Gasteiger partial charge in [0.15, 0.2) is 0 Å². The first-order valence-corrected chi connectivity index (χ1v) is 19.4. The Bertz CT molecular complexity index is 2070. The summed E-state index contributed by atoms with van der Waals surface area (Å²) in [5, 5.41) is 24.0. The largest absolute Gasteiger partial charge is 0.507 e. The Morgan fingerprint density at radius 3 is 1.23 bits per heavy atom. The molecule has 56 heavy (non-hydrogen) atoms. The van der Waals surface area contributed by atoms with Crippen LogP contribution in [0.15, 0.2) is 120 Å². The highest BCUT2D eigenvalue weighted by Crippen LogP contribution is 2.39. The van der Waals surface area contributed by atoms with Gasteiger partial charge in [-0.1, -0.05) is 62.4 Å². The van der Waals surface area contributed by atoms with Gasteiger partial charge in [0, 0.05) is 62.9 Å². The molecule has 8 bridgehead atoms. The first kappa shape index (κ1) is 38.0. The molecule has 7 rings (SSSR count). The summed E-state index contributed by atoms with van der Waals surface area (Å²) in [6.07, 6.45) is 14.3. The van der Waals surface area contributed by atoms with Crippen LogP contribution < -0.4 is 9.47 Å². The number of pyridine rings is 2. The molecule has 2 aromatic heterocycles. The quantitative estimate of drug-likeness (QED) is 0.121. The second-order valence-electron chi connectivity index (χ2n) is 14.3. The SMILES string of the molecule is CCCOc1c2cccc1Cc1cc(C=NCc3cccnc3)cc(c1O)Cc1cccc(c1OCCC)Cc1cc(C=NCc3cccnc3)cc(c1O)C2. The number of fused-ring (bicyclic) bond motifs is 8. The number of phenolic OH excluding ortho intramolecular Hbond substituents is 2. The molecule has 0 amide bonds. The zero-order valence-electron chi connectivity index (χ0n) is 32.1. The topological polar surface area (TPSA) is 109 Å². The molecule has 8 nitrogen and oxygen atoms in total. The predicted molar refractivity (Wildman–Crippen MR) is 223 cm³/mol. The number of para-hydroxylation sites is 2. The van der Waals surface area contributed by atoms with Gasteiger partial charge < -0.3 is 19.7 Å². The van der Waals surface area contributed by atoms with E-state index in [0.29, 0.717) is 52.0 Å². The molecule has 6 aromatic rings. The minimum Gasteiger partial charge on any atom is -0.507 e. The lowest BCUT2D eigenvalue weighted by Gasteiger charge is -2.21. The van der Waals surface area contributed by atoms with Crippen molar-refractivity contribution in [3.8, 4) is 23.0 Å². The Morgan fingerprint density at radius 2 is 0.911 bits per heavy atom. The summed E-state index contributed by atoms with van der Waals surface area (Å²) in [6, 6.07) is 28.2. The molecular formula is C48H48N4O4. The van der Waals surface area contributed by atoms with E-state index in [4.69, 9.17) is 19.5 Å².